The van der Waals surface area contributed by atoms with Crippen molar-refractivity contribution >= 4 is 11.6 Å². The highest BCUT2D eigenvalue weighted by Gasteiger charge is 2.25. The molecule has 0 atom stereocenters. The molecule has 10 heteroatoms. The molecule has 0 saturated heterocycles. The molecule has 0 bridgehead atoms. The van der Waals surface area contributed by atoms with Crippen LogP contribution in [-0.2, 0) is 14.9 Å². The molecule has 0 aliphatic rings. The normalized spacial score (nSPS) is 12.1. The van der Waals surface area contributed by atoms with Gasteiger partial charge in [0.25, 0.3) is 0 Å². The molecule has 0 aliphatic carbocycles. The second-order valence-electron chi connectivity index (χ2n) is 7.41. The number of aromatic amines is 1. The van der Waals surface area contributed by atoms with Crippen molar-refractivity contribution in [2.75, 3.05) is 27.4 Å². The zero-order chi connectivity index (χ0) is 20.3. The van der Waals surface area contributed by atoms with Gasteiger partial charge in [0.2, 0.25) is 5.82 Å². The molecule has 150 valence electrons. The lowest BCUT2D eigenvalue weighted by Gasteiger charge is -2.21. The van der Waals surface area contributed by atoms with Gasteiger partial charge in [-0.15, -0.1) is 5.10 Å². The number of pyridine rings is 1. The van der Waals surface area contributed by atoms with Gasteiger partial charge >= 0.3 is 0 Å². The van der Waals surface area contributed by atoms with Crippen molar-refractivity contribution in [1.29, 1.82) is 0 Å². The Balaban J connectivity index is 2.19. The van der Waals surface area contributed by atoms with Gasteiger partial charge in [0.05, 0.1) is 18.8 Å². The lowest BCUT2D eigenvalue weighted by molar-refractivity contribution is 0.0846. The second kappa shape index (κ2) is 8.34. The van der Waals surface area contributed by atoms with E-state index in [4.69, 9.17) is 21.1 Å². The standard InChI is InChI=1S/C18H24ClN7O2/c1-18(2,3)11-6-13(14(19)20-7-11)17-23-16(15-21-10-22-24-15)25-26(17)12(8-27-4)9-28-5/h6-7,10,12H,8-9H2,1-5H3,(H,21,22,24). The van der Waals surface area contributed by atoms with Crippen molar-refractivity contribution in [1.82, 2.24) is 34.9 Å². The number of methoxy groups -OCH3 is 2. The maximum Gasteiger partial charge on any atom is 0.219 e. The number of ether oxygens (including phenoxy) is 2. The van der Waals surface area contributed by atoms with Crippen molar-refractivity contribution in [3.63, 3.8) is 0 Å². The van der Waals surface area contributed by atoms with Gasteiger partial charge in [-0.2, -0.15) is 5.10 Å². The van der Waals surface area contributed by atoms with Crippen LogP contribution in [0.25, 0.3) is 23.0 Å². The number of hydrogen-bond donors (Lipinski definition) is 1. The quantitative estimate of drug-likeness (QED) is 0.602. The topological polar surface area (TPSA) is 104 Å². The van der Waals surface area contributed by atoms with Crippen LogP contribution in [0.4, 0.5) is 0 Å². The Kier molecular flexibility index (Phi) is 6.07. The third-order valence-corrected chi connectivity index (χ3v) is 4.57. The maximum absolute atomic E-state index is 6.46. The minimum Gasteiger partial charge on any atom is -0.382 e. The van der Waals surface area contributed by atoms with Gasteiger partial charge in [-0.25, -0.2) is 19.6 Å². The number of aromatic nitrogens is 7. The fourth-order valence-corrected chi connectivity index (χ4v) is 2.95. The van der Waals surface area contributed by atoms with E-state index in [9.17, 15) is 0 Å². The van der Waals surface area contributed by atoms with Crippen LogP contribution < -0.4 is 0 Å². The summed E-state index contributed by atoms with van der Waals surface area (Å²) in [7, 11) is 3.26. The van der Waals surface area contributed by atoms with E-state index in [1.807, 2.05) is 6.07 Å². The van der Waals surface area contributed by atoms with E-state index in [1.54, 1.807) is 25.1 Å². The van der Waals surface area contributed by atoms with Crippen LogP contribution in [0, 0.1) is 0 Å². The average Bonchev–Trinajstić information content (AvgIpc) is 3.30. The maximum atomic E-state index is 6.46. The van der Waals surface area contributed by atoms with Gasteiger partial charge in [-0.1, -0.05) is 32.4 Å². The summed E-state index contributed by atoms with van der Waals surface area (Å²) in [6, 6.07) is 1.79. The minimum atomic E-state index is -0.205. The van der Waals surface area contributed by atoms with E-state index in [-0.39, 0.29) is 11.5 Å². The molecule has 0 spiro atoms. The molecule has 0 radical (unpaired) electrons. The molecular formula is C18H24ClN7O2. The van der Waals surface area contributed by atoms with Crippen molar-refractivity contribution in [2.45, 2.75) is 32.2 Å². The molecule has 0 amide bonds. The largest absolute Gasteiger partial charge is 0.382 e. The first kappa shape index (κ1) is 20.4. The van der Waals surface area contributed by atoms with Gasteiger partial charge in [0.1, 0.15) is 17.5 Å². The molecule has 3 aromatic rings. The Morgan fingerprint density at radius 2 is 1.89 bits per heavy atom. The van der Waals surface area contributed by atoms with Gasteiger partial charge in [0.15, 0.2) is 11.6 Å². The van der Waals surface area contributed by atoms with E-state index in [0.29, 0.717) is 41.4 Å². The lowest BCUT2D eigenvalue weighted by atomic mass is 9.87. The average molecular weight is 406 g/mol. The summed E-state index contributed by atoms with van der Waals surface area (Å²) >= 11 is 6.46. The number of nitrogens with zero attached hydrogens (tertiary/aromatic N) is 6. The molecule has 28 heavy (non-hydrogen) atoms. The van der Waals surface area contributed by atoms with Crippen LogP contribution >= 0.6 is 11.6 Å². The monoisotopic (exact) mass is 405 g/mol. The highest BCUT2D eigenvalue weighted by Crippen LogP contribution is 2.32. The summed E-state index contributed by atoms with van der Waals surface area (Å²) in [5, 5.41) is 11.6. The molecule has 3 heterocycles. The van der Waals surface area contributed by atoms with Gasteiger partial charge < -0.3 is 9.47 Å². The summed E-state index contributed by atoms with van der Waals surface area (Å²) in [4.78, 5) is 13.2. The molecule has 3 rings (SSSR count). The molecule has 0 saturated carbocycles. The van der Waals surface area contributed by atoms with E-state index in [0.717, 1.165) is 5.56 Å². The van der Waals surface area contributed by atoms with Crippen molar-refractivity contribution < 1.29 is 9.47 Å². The van der Waals surface area contributed by atoms with Gasteiger partial charge in [0, 0.05) is 20.4 Å². The highest BCUT2D eigenvalue weighted by atomic mass is 35.5. The summed E-state index contributed by atoms with van der Waals surface area (Å²) in [6.07, 6.45) is 3.19. The van der Waals surface area contributed by atoms with Crippen molar-refractivity contribution in [2.24, 2.45) is 0 Å². The number of H-pyrrole nitrogens is 1. The zero-order valence-corrected chi connectivity index (χ0v) is 17.4. The smallest absolute Gasteiger partial charge is 0.219 e. The molecule has 1 N–H and O–H groups in total. The summed E-state index contributed by atoms with van der Waals surface area (Å²) < 4.78 is 12.5. The molecule has 9 nitrogen and oxygen atoms in total. The van der Waals surface area contributed by atoms with Crippen molar-refractivity contribution in [3.05, 3.63) is 29.3 Å². The molecule has 0 aromatic carbocycles. The predicted octanol–water partition coefficient (Wildman–Crippen LogP) is 2.91. The summed E-state index contributed by atoms with van der Waals surface area (Å²) in [5.74, 6) is 1.43. The van der Waals surface area contributed by atoms with Crippen LogP contribution in [0.2, 0.25) is 5.15 Å². The lowest BCUT2D eigenvalue weighted by Crippen LogP contribution is -2.22. The van der Waals surface area contributed by atoms with Crippen LogP contribution in [0.1, 0.15) is 32.4 Å². The Hall–Kier alpha value is -2.36. The minimum absolute atomic E-state index is 0.0938. The van der Waals surface area contributed by atoms with Crippen LogP contribution in [0.3, 0.4) is 0 Å². The Morgan fingerprint density at radius 3 is 2.46 bits per heavy atom. The Bertz CT molecular complexity index is 913. The Labute approximate surface area is 168 Å². The SMILES string of the molecule is COCC(COC)n1nc(-c2ncn[nH]2)nc1-c1cc(C(C)(C)C)cnc1Cl. The molecular weight excluding hydrogens is 382 g/mol. The first-order valence-electron chi connectivity index (χ1n) is 8.81. The van der Waals surface area contributed by atoms with Crippen LogP contribution in [-0.4, -0.2) is 62.4 Å². The number of rotatable bonds is 7. The van der Waals surface area contributed by atoms with Crippen LogP contribution in [0.15, 0.2) is 18.6 Å². The fraction of sp³-hybridized carbons (Fsp3) is 0.500. The van der Waals surface area contributed by atoms with Crippen molar-refractivity contribution in [3.8, 4) is 23.0 Å². The second-order valence-corrected chi connectivity index (χ2v) is 7.77. The first-order chi connectivity index (χ1) is 13.3. The van der Waals surface area contributed by atoms with E-state index >= 15 is 0 Å². The molecule has 3 aromatic heterocycles. The number of hydrogen-bond acceptors (Lipinski definition) is 7. The first-order valence-corrected chi connectivity index (χ1v) is 9.19. The zero-order valence-electron chi connectivity index (χ0n) is 16.6. The molecule has 0 fully saturated rings. The Morgan fingerprint density at radius 1 is 1.18 bits per heavy atom. The van der Waals surface area contributed by atoms with E-state index in [1.165, 1.54) is 6.33 Å². The van der Waals surface area contributed by atoms with E-state index in [2.05, 4.69) is 51.0 Å². The highest BCUT2D eigenvalue weighted by molar-refractivity contribution is 6.32. The third kappa shape index (κ3) is 4.21. The predicted molar refractivity (Wildman–Crippen MR) is 105 cm³/mol. The fourth-order valence-electron chi connectivity index (χ4n) is 2.76. The number of halogens is 1. The van der Waals surface area contributed by atoms with Crippen LogP contribution in [0.5, 0.6) is 0 Å². The molecule has 0 aliphatic heterocycles. The van der Waals surface area contributed by atoms with E-state index < -0.39 is 0 Å². The summed E-state index contributed by atoms with van der Waals surface area (Å²) in [6.45, 7) is 7.13. The number of nitrogens with one attached hydrogen (secondary N) is 1. The van der Waals surface area contributed by atoms with Gasteiger partial charge in [-0.3, -0.25) is 5.10 Å². The van der Waals surface area contributed by atoms with Gasteiger partial charge in [-0.05, 0) is 17.0 Å². The molecule has 0 unspecified atom stereocenters. The summed E-state index contributed by atoms with van der Waals surface area (Å²) in [5.41, 5.74) is 1.63. The third-order valence-electron chi connectivity index (χ3n) is 4.27.